The van der Waals surface area contributed by atoms with Crippen LogP contribution in [0.25, 0.3) is 0 Å². The Hall–Kier alpha value is -2.79. The lowest BCUT2D eigenvalue weighted by molar-refractivity contribution is -0.127. The van der Waals surface area contributed by atoms with Crippen LogP contribution in [0.5, 0.6) is 0 Å². The van der Waals surface area contributed by atoms with Gasteiger partial charge in [0.15, 0.2) is 0 Å². The number of anilines is 2. The van der Waals surface area contributed by atoms with E-state index in [1.807, 2.05) is 31.2 Å². The predicted octanol–water partition coefficient (Wildman–Crippen LogP) is 3.61. The second-order valence-electron chi connectivity index (χ2n) is 6.30. The second kappa shape index (κ2) is 5.88. The summed E-state index contributed by atoms with van der Waals surface area (Å²) in [6, 6.07) is 12.6. The van der Waals surface area contributed by atoms with Crippen LogP contribution in [-0.4, -0.2) is 29.8 Å². The third-order valence-electron chi connectivity index (χ3n) is 4.94. The van der Waals surface area contributed by atoms with Gasteiger partial charge in [0, 0.05) is 23.7 Å². The Kier molecular flexibility index (Phi) is 3.77. The van der Waals surface area contributed by atoms with Crippen LogP contribution in [0.3, 0.4) is 0 Å². The molecular formula is C20H18ClN3O2. The van der Waals surface area contributed by atoms with E-state index in [0.717, 1.165) is 11.3 Å². The summed E-state index contributed by atoms with van der Waals surface area (Å²) in [6.07, 6.45) is 1.68. The fraction of sp³-hybridized carbons (Fsp3) is 0.200. The van der Waals surface area contributed by atoms with Crippen molar-refractivity contribution < 1.29 is 9.59 Å². The quantitative estimate of drug-likeness (QED) is 0.843. The first-order valence-electron chi connectivity index (χ1n) is 8.46. The minimum Gasteiger partial charge on any atom is -0.350 e. The van der Waals surface area contributed by atoms with Crippen molar-refractivity contribution in [2.24, 2.45) is 0 Å². The van der Waals surface area contributed by atoms with Gasteiger partial charge in [-0.1, -0.05) is 35.9 Å². The highest BCUT2D eigenvalue weighted by atomic mass is 35.5. The summed E-state index contributed by atoms with van der Waals surface area (Å²) in [5.41, 5.74) is 1.34. The van der Waals surface area contributed by atoms with Crippen molar-refractivity contribution in [3.63, 3.8) is 0 Å². The Morgan fingerprint density at radius 3 is 2.73 bits per heavy atom. The smallest absolute Gasteiger partial charge is 0.279 e. The van der Waals surface area contributed by atoms with Gasteiger partial charge in [-0.3, -0.25) is 9.59 Å². The second-order valence-corrected chi connectivity index (χ2v) is 6.73. The molecule has 2 aliphatic heterocycles. The number of benzene rings is 2. The van der Waals surface area contributed by atoms with Crippen LogP contribution in [-0.2, 0) is 10.5 Å². The fourth-order valence-electron chi connectivity index (χ4n) is 3.87. The maximum absolute atomic E-state index is 13.5. The van der Waals surface area contributed by atoms with Gasteiger partial charge in [0.1, 0.15) is 0 Å². The number of rotatable bonds is 3. The molecule has 6 heteroatoms. The van der Waals surface area contributed by atoms with Crippen LogP contribution >= 0.6 is 11.6 Å². The van der Waals surface area contributed by atoms with Crippen LogP contribution in [0.2, 0.25) is 5.02 Å². The van der Waals surface area contributed by atoms with Crippen LogP contribution in [0, 0.1) is 0 Å². The van der Waals surface area contributed by atoms with Gasteiger partial charge in [0.25, 0.3) is 11.8 Å². The summed E-state index contributed by atoms with van der Waals surface area (Å²) < 4.78 is 0. The van der Waals surface area contributed by atoms with Gasteiger partial charge in [0.2, 0.25) is 5.66 Å². The molecule has 5 nitrogen and oxygen atoms in total. The predicted molar refractivity (Wildman–Crippen MR) is 102 cm³/mol. The normalized spacial score (nSPS) is 20.8. The lowest BCUT2D eigenvalue weighted by Crippen LogP contribution is -2.62. The summed E-state index contributed by atoms with van der Waals surface area (Å²) in [5.74, 6) is -0.388. The number of hydrogen-bond acceptors (Lipinski definition) is 3. The van der Waals surface area contributed by atoms with Crippen molar-refractivity contribution in [1.29, 1.82) is 0 Å². The van der Waals surface area contributed by atoms with Crippen molar-refractivity contribution >= 4 is 34.8 Å². The molecule has 1 spiro atoms. The number of carbonyl (C=O) groups is 2. The molecule has 0 bridgehead atoms. The van der Waals surface area contributed by atoms with E-state index in [1.54, 1.807) is 34.1 Å². The van der Waals surface area contributed by atoms with Crippen molar-refractivity contribution in [2.75, 3.05) is 23.3 Å². The van der Waals surface area contributed by atoms with E-state index in [-0.39, 0.29) is 11.8 Å². The Bertz CT molecular complexity index is 942. The first-order chi connectivity index (χ1) is 12.5. The Balaban J connectivity index is 1.98. The van der Waals surface area contributed by atoms with Crippen LogP contribution in [0.15, 0.2) is 55.1 Å². The first-order valence-corrected chi connectivity index (χ1v) is 8.84. The van der Waals surface area contributed by atoms with Crippen molar-refractivity contribution in [1.82, 2.24) is 4.90 Å². The number of amides is 2. The Morgan fingerprint density at radius 1 is 1.23 bits per heavy atom. The summed E-state index contributed by atoms with van der Waals surface area (Å²) in [7, 11) is 0. The van der Waals surface area contributed by atoms with Gasteiger partial charge in [-0.2, -0.15) is 0 Å². The molecule has 2 aromatic carbocycles. The van der Waals surface area contributed by atoms with E-state index in [4.69, 9.17) is 11.6 Å². The molecule has 1 N–H and O–H groups in total. The highest BCUT2D eigenvalue weighted by Gasteiger charge is 2.58. The summed E-state index contributed by atoms with van der Waals surface area (Å²) in [6.45, 7) is 6.38. The maximum atomic E-state index is 13.5. The van der Waals surface area contributed by atoms with Gasteiger partial charge < -0.3 is 15.1 Å². The molecule has 132 valence electrons. The van der Waals surface area contributed by atoms with Gasteiger partial charge in [-0.25, -0.2) is 0 Å². The Morgan fingerprint density at radius 2 is 2.00 bits per heavy atom. The Labute approximate surface area is 156 Å². The molecule has 0 saturated heterocycles. The third-order valence-corrected chi connectivity index (χ3v) is 5.18. The van der Waals surface area contributed by atoms with Crippen molar-refractivity contribution in [3.05, 3.63) is 71.3 Å². The molecule has 0 saturated carbocycles. The zero-order valence-electron chi connectivity index (χ0n) is 14.3. The van der Waals surface area contributed by atoms with Gasteiger partial charge >= 0.3 is 0 Å². The number of likely N-dealkylation sites (N-methyl/N-ethyl adjacent to an activating group) is 1. The van der Waals surface area contributed by atoms with Crippen LogP contribution in [0.4, 0.5) is 11.4 Å². The van der Waals surface area contributed by atoms with E-state index in [2.05, 4.69) is 11.9 Å². The van der Waals surface area contributed by atoms with Gasteiger partial charge in [-0.15, -0.1) is 6.58 Å². The summed E-state index contributed by atoms with van der Waals surface area (Å²) >= 11 is 6.13. The number of para-hydroxylation sites is 1. The van der Waals surface area contributed by atoms with Crippen LogP contribution < -0.4 is 10.2 Å². The van der Waals surface area contributed by atoms with Gasteiger partial charge in [-0.05, 0) is 31.2 Å². The largest absolute Gasteiger partial charge is 0.350 e. The van der Waals surface area contributed by atoms with E-state index in [0.29, 0.717) is 29.4 Å². The zero-order chi connectivity index (χ0) is 18.5. The van der Waals surface area contributed by atoms with E-state index in [1.165, 1.54) is 0 Å². The molecule has 2 heterocycles. The highest BCUT2D eigenvalue weighted by Crippen LogP contribution is 2.48. The molecule has 2 amide bonds. The maximum Gasteiger partial charge on any atom is 0.279 e. The molecule has 4 rings (SSSR count). The van der Waals surface area contributed by atoms with Crippen molar-refractivity contribution in [2.45, 2.75) is 12.6 Å². The number of hydrogen-bond donors (Lipinski definition) is 1. The standard InChI is InChI=1S/C20H18ClN3O2/c1-3-11-23-17-8-6-5-7-15(17)20(19(23)26)22-16-12-13(21)9-10-14(16)18(25)24(20)4-2/h3,5-10,12,22H,1,4,11H2,2H3. The third kappa shape index (κ3) is 2.04. The van der Waals surface area contributed by atoms with E-state index >= 15 is 0 Å². The minimum absolute atomic E-state index is 0.193. The van der Waals surface area contributed by atoms with Gasteiger partial charge in [0.05, 0.1) is 16.9 Å². The number of fused-ring (bicyclic) bond motifs is 3. The van der Waals surface area contributed by atoms with E-state index in [9.17, 15) is 9.59 Å². The highest BCUT2D eigenvalue weighted by molar-refractivity contribution is 6.31. The molecule has 0 radical (unpaired) electrons. The average Bonchev–Trinajstić information content (AvgIpc) is 2.86. The molecule has 26 heavy (non-hydrogen) atoms. The summed E-state index contributed by atoms with van der Waals surface area (Å²) in [4.78, 5) is 30.0. The first kappa shape index (κ1) is 16.7. The molecular weight excluding hydrogens is 350 g/mol. The molecule has 2 aromatic rings. The molecule has 0 aromatic heterocycles. The lowest BCUT2D eigenvalue weighted by Gasteiger charge is -2.44. The topological polar surface area (TPSA) is 52.7 Å². The monoisotopic (exact) mass is 367 g/mol. The number of nitrogens with one attached hydrogen (secondary N) is 1. The van der Waals surface area contributed by atoms with E-state index < -0.39 is 5.66 Å². The van der Waals surface area contributed by atoms with Crippen molar-refractivity contribution in [3.8, 4) is 0 Å². The molecule has 1 unspecified atom stereocenters. The lowest BCUT2D eigenvalue weighted by atomic mass is 9.93. The molecule has 0 aliphatic carbocycles. The SMILES string of the molecule is C=CCN1C(=O)C2(Nc3cc(Cl)ccc3C(=O)N2CC)c2ccccc21. The van der Waals surface area contributed by atoms with Crippen LogP contribution in [0.1, 0.15) is 22.8 Å². The summed E-state index contributed by atoms with van der Waals surface area (Å²) in [5, 5.41) is 3.84. The number of carbonyl (C=O) groups excluding carboxylic acids is 2. The molecule has 2 aliphatic rings. The average molecular weight is 368 g/mol. The number of halogens is 1. The minimum atomic E-state index is -1.27. The zero-order valence-corrected chi connectivity index (χ0v) is 15.1. The number of nitrogens with zero attached hydrogens (tertiary/aromatic N) is 2. The fourth-order valence-corrected chi connectivity index (χ4v) is 4.05. The molecule has 1 atom stereocenters. The molecule has 0 fully saturated rings.